The van der Waals surface area contributed by atoms with Gasteiger partial charge in [0.15, 0.2) is 4.34 Å². The molecule has 0 fully saturated rings. The second-order valence-corrected chi connectivity index (χ2v) is 9.77. The number of benzene rings is 1. The largest absolute Gasteiger partial charge is 0.495 e. The van der Waals surface area contributed by atoms with Crippen molar-refractivity contribution in [1.29, 1.82) is 0 Å². The monoisotopic (exact) mass is 445 g/mol. The predicted octanol–water partition coefficient (Wildman–Crippen LogP) is 1.11. The maximum absolute atomic E-state index is 12.1. The van der Waals surface area contributed by atoms with Crippen molar-refractivity contribution >= 4 is 55.8 Å². The minimum absolute atomic E-state index is 0.0947. The Hall–Kier alpha value is -2.22. The number of carbonyl (C=O) groups is 2. The third-order valence-corrected chi connectivity index (χ3v) is 6.53. The highest BCUT2D eigenvalue weighted by Crippen LogP contribution is 2.27. The van der Waals surface area contributed by atoms with Gasteiger partial charge in [0.25, 0.3) is 0 Å². The summed E-state index contributed by atoms with van der Waals surface area (Å²) in [6.07, 6.45) is 1.01. The van der Waals surface area contributed by atoms with Gasteiger partial charge < -0.3 is 10.1 Å². The van der Waals surface area contributed by atoms with Crippen molar-refractivity contribution in [2.24, 2.45) is 0 Å². The van der Waals surface area contributed by atoms with Crippen molar-refractivity contribution in [3.8, 4) is 5.75 Å². The molecule has 2 N–H and O–H groups in total. The van der Waals surface area contributed by atoms with Gasteiger partial charge in [-0.3, -0.25) is 14.9 Å². The minimum atomic E-state index is -3.45. The molecule has 2 aromatic rings. The average molecular weight is 446 g/mol. The first-order valence-electron chi connectivity index (χ1n) is 7.79. The highest BCUT2D eigenvalue weighted by molar-refractivity contribution is 8.01. The van der Waals surface area contributed by atoms with Crippen LogP contribution in [0.3, 0.4) is 0 Å². The first kappa shape index (κ1) is 22.1. The van der Waals surface area contributed by atoms with E-state index in [1.807, 2.05) is 0 Å². The lowest BCUT2D eigenvalue weighted by atomic mass is 10.3. The second-order valence-electron chi connectivity index (χ2n) is 5.48. The number of likely N-dealkylation sites (N-methyl/N-ethyl adjacent to an activating group) is 1. The van der Waals surface area contributed by atoms with Crippen LogP contribution in [-0.2, 0) is 19.6 Å². The van der Waals surface area contributed by atoms with E-state index in [-0.39, 0.29) is 23.3 Å². The maximum atomic E-state index is 12.1. The van der Waals surface area contributed by atoms with Crippen molar-refractivity contribution in [3.63, 3.8) is 0 Å². The Morgan fingerprint density at radius 2 is 1.93 bits per heavy atom. The molecule has 0 saturated carbocycles. The number of thioether (sulfide) groups is 1. The Bertz CT molecular complexity index is 947. The summed E-state index contributed by atoms with van der Waals surface area (Å²) in [4.78, 5) is 23.9. The van der Waals surface area contributed by atoms with E-state index in [1.165, 1.54) is 14.2 Å². The summed E-state index contributed by atoms with van der Waals surface area (Å²) in [7, 11) is -0.631. The van der Waals surface area contributed by atoms with Crippen LogP contribution in [0.15, 0.2) is 28.6 Å². The van der Waals surface area contributed by atoms with Gasteiger partial charge in [0.2, 0.25) is 27.0 Å². The van der Waals surface area contributed by atoms with Crippen LogP contribution < -0.4 is 15.4 Å². The number of nitrogens with one attached hydrogen (secondary N) is 2. The van der Waals surface area contributed by atoms with E-state index in [2.05, 4.69) is 20.8 Å². The van der Waals surface area contributed by atoms with E-state index in [1.54, 1.807) is 24.3 Å². The Kier molecular flexibility index (Phi) is 7.74. The first-order chi connectivity index (χ1) is 13.2. The number of anilines is 2. The molecule has 0 aliphatic carbocycles. The minimum Gasteiger partial charge on any atom is -0.495 e. The Morgan fingerprint density at radius 3 is 2.61 bits per heavy atom. The van der Waals surface area contributed by atoms with Crippen molar-refractivity contribution in [1.82, 2.24) is 14.5 Å². The summed E-state index contributed by atoms with van der Waals surface area (Å²) in [5.41, 5.74) is 0.566. The van der Waals surface area contributed by atoms with Crippen LogP contribution in [0.25, 0.3) is 0 Å². The van der Waals surface area contributed by atoms with Crippen molar-refractivity contribution in [2.75, 3.05) is 43.3 Å². The van der Waals surface area contributed by atoms with Gasteiger partial charge in [-0.25, -0.2) is 8.42 Å². The number of hydrogen-bond donors (Lipinski definition) is 2. The van der Waals surface area contributed by atoms with Gasteiger partial charge >= 0.3 is 0 Å². The molecule has 13 heteroatoms. The number of methoxy groups -OCH3 is 1. The maximum Gasteiger partial charge on any atom is 0.241 e. The van der Waals surface area contributed by atoms with E-state index in [9.17, 15) is 18.0 Å². The summed E-state index contributed by atoms with van der Waals surface area (Å²) >= 11 is 2.25. The molecule has 0 saturated heterocycles. The number of rotatable bonds is 9. The topological polar surface area (TPSA) is 131 Å². The molecule has 1 heterocycles. The molecule has 0 spiro atoms. The summed E-state index contributed by atoms with van der Waals surface area (Å²) < 4.78 is 29.2. The molecule has 1 aromatic carbocycles. The van der Waals surface area contributed by atoms with E-state index in [0.717, 1.165) is 33.7 Å². The predicted molar refractivity (Wildman–Crippen MR) is 108 cm³/mol. The van der Waals surface area contributed by atoms with Crippen LogP contribution in [0.4, 0.5) is 10.8 Å². The van der Waals surface area contributed by atoms with Gasteiger partial charge in [0.05, 0.1) is 31.4 Å². The van der Waals surface area contributed by atoms with Crippen molar-refractivity contribution in [2.45, 2.75) is 4.34 Å². The fourth-order valence-corrected chi connectivity index (χ4v) is 3.78. The average Bonchev–Trinajstić information content (AvgIpc) is 3.06. The zero-order chi connectivity index (χ0) is 20.7. The molecule has 2 rings (SSSR count). The molecule has 0 bridgehead atoms. The lowest BCUT2D eigenvalue weighted by Gasteiger charge is -2.12. The van der Waals surface area contributed by atoms with Crippen LogP contribution in [0, 0.1) is 0 Å². The lowest BCUT2D eigenvalue weighted by molar-refractivity contribution is -0.116. The van der Waals surface area contributed by atoms with Crippen LogP contribution >= 0.6 is 23.1 Å². The van der Waals surface area contributed by atoms with Gasteiger partial charge in [-0.2, -0.15) is 4.31 Å². The normalized spacial score (nSPS) is 11.3. The second kappa shape index (κ2) is 9.82. The number of aromatic nitrogens is 2. The highest BCUT2D eigenvalue weighted by Gasteiger charge is 2.17. The summed E-state index contributed by atoms with van der Waals surface area (Å²) in [6.45, 7) is -0.331. The number of hydrogen-bond acceptors (Lipinski definition) is 9. The van der Waals surface area contributed by atoms with E-state index in [4.69, 9.17) is 4.74 Å². The molecule has 1 aromatic heterocycles. The van der Waals surface area contributed by atoms with Gasteiger partial charge in [0.1, 0.15) is 5.75 Å². The van der Waals surface area contributed by atoms with Crippen LogP contribution in [0.5, 0.6) is 5.75 Å². The molecule has 10 nitrogen and oxygen atoms in total. The summed E-state index contributed by atoms with van der Waals surface area (Å²) in [5, 5.41) is 13.1. The molecule has 0 atom stereocenters. The SMILES string of the molecule is COc1ccccc1NC(=O)CSc1nnc(NC(=O)CN(C)S(C)(=O)=O)s1. The molecular formula is C15H19N5O5S3. The zero-order valence-corrected chi connectivity index (χ0v) is 17.8. The molecule has 0 unspecified atom stereocenters. The Balaban J connectivity index is 1.84. The Morgan fingerprint density at radius 1 is 1.21 bits per heavy atom. The van der Waals surface area contributed by atoms with E-state index >= 15 is 0 Å². The molecule has 0 aliphatic rings. The summed E-state index contributed by atoms with van der Waals surface area (Å²) in [6, 6.07) is 7.05. The molecule has 152 valence electrons. The number of carbonyl (C=O) groups excluding carboxylic acids is 2. The van der Waals surface area contributed by atoms with Gasteiger partial charge in [-0.1, -0.05) is 35.2 Å². The molecule has 0 radical (unpaired) electrons. The fraction of sp³-hybridized carbons (Fsp3) is 0.333. The number of sulfonamides is 1. The van der Waals surface area contributed by atoms with Crippen LogP contribution in [0.2, 0.25) is 0 Å². The molecule has 28 heavy (non-hydrogen) atoms. The zero-order valence-electron chi connectivity index (χ0n) is 15.3. The van der Waals surface area contributed by atoms with Crippen molar-refractivity contribution in [3.05, 3.63) is 24.3 Å². The van der Waals surface area contributed by atoms with Crippen LogP contribution in [-0.4, -0.2) is 67.4 Å². The number of amides is 2. The lowest BCUT2D eigenvalue weighted by Crippen LogP contribution is -2.34. The highest BCUT2D eigenvalue weighted by atomic mass is 32.2. The Labute approximate surface area is 170 Å². The fourth-order valence-electron chi connectivity index (χ4n) is 1.86. The smallest absolute Gasteiger partial charge is 0.241 e. The van der Waals surface area contributed by atoms with E-state index < -0.39 is 15.9 Å². The standard InChI is InChI=1S/C15H19N5O5S3/c1-20(28(3,23)24)8-12(21)17-14-18-19-15(27-14)26-9-13(22)16-10-6-4-5-7-11(10)25-2/h4-7H,8-9H2,1-3H3,(H,16,22)(H,17,18,21). The third kappa shape index (κ3) is 6.74. The van der Waals surface area contributed by atoms with Gasteiger partial charge in [0, 0.05) is 7.05 Å². The summed E-state index contributed by atoms with van der Waals surface area (Å²) in [5.74, 6) is -0.127. The van der Waals surface area contributed by atoms with Crippen LogP contribution in [0.1, 0.15) is 0 Å². The third-order valence-electron chi connectivity index (χ3n) is 3.29. The quantitative estimate of drug-likeness (QED) is 0.433. The number of ether oxygens (including phenoxy) is 1. The molecule has 0 aliphatic heterocycles. The van der Waals surface area contributed by atoms with E-state index in [0.29, 0.717) is 15.8 Å². The first-order valence-corrected chi connectivity index (χ1v) is 11.4. The van der Waals surface area contributed by atoms with Crippen molar-refractivity contribution < 1.29 is 22.7 Å². The van der Waals surface area contributed by atoms with Gasteiger partial charge in [-0.05, 0) is 12.1 Å². The molecular weight excluding hydrogens is 426 g/mol. The number of para-hydroxylation sites is 2. The van der Waals surface area contributed by atoms with Gasteiger partial charge in [-0.15, -0.1) is 10.2 Å². The molecule has 2 amide bonds. The number of nitrogens with zero attached hydrogens (tertiary/aromatic N) is 3.